The summed E-state index contributed by atoms with van der Waals surface area (Å²) in [5.74, 6) is -1.30. The molecule has 0 fully saturated rings. The van der Waals surface area contributed by atoms with Crippen LogP contribution in [0.4, 0.5) is 4.79 Å². The zero-order chi connectivity index (χ0) is 65.3. The molecule has 0 saturated heterocycles. The predicted octanol–water partition coefficient (Wildman–Crippen LogP) is 11.2. The SMILES string of the molecule is C=CC[C@H](NC(=O)[C@@H](CCCNC(=N)NS(=O)(=O)c1c(C)c(C)c2c(c1C)CCC(C)(C)O2)NC(=O)[C@@H](CCCCNC(=O)OC(C)(C)C)NC(=O)COc1ccc2ccccc2c1-c1c(OCCC(C)C)ccc2ccccc12)C(=O)OCc1ccccc1. The van der Waals surface area contributed by atoms with Crippen molar-refractivity contribution in [3.8, 4) is 28.4 Å². The minimum absolute atomic E-state index is 0.0193. The zero-order valence-corrected chi connectivity index (χ0v) is 54.4. The number of fused-ring (bicyclic) bond motifs is 3. The van der Waals surface area contributed by atoms with Crippen LogP contribution < -0.4 is 45.5 Å². The Hall–Kier alpha value is -8.65. The number of alkyl carbamates (subject to hydrolysis) is 1. The lowest BCUT2D eigenvalue weighted by Crippen LogP contribution is -2.56. The number of nitrogens with one attached hydrogen (secondary N) is 7. The van der Waals surface area contributed by atoms with Crippen LogP contribution in [0.2, 0.25) is 0 Å². The number of rotatable bonds is 29. The molecule has 0 spiro atoms. The fourth-order valence-corrected chi connectivity index (χ4v) is 12.3. The molecule has 19 nitrogen and oxygen atoms in total. The van der Waals surface area contributed by atoms with Crippen LogP contribution in [-0.4, -0.2) is 99.8 Å². The average molecular weight is 1250 g/mol. The maximum Gasteiger partial charge on any atom is 0.407 e. The molecule has 3 atom stereocenters. The van der Waals surface area contributed by atoms with Crippen LogP contribution in [-0.2, 0) is 51.7 Å². The molecule has 482 valence electrons. The summed E-state index contributed by atoms with van der Waals surface area (Å²) >= 11 is 0. The van der Waals surface area contributed by atoms with E-state index < -0.39 is 81.7 Å². The summed E-state index contributed by atoms with van der Waals surface area (Å²) < 4.78 is 60.8. The molecule has 1 heterocycles. The standard InChI is InChI=1S/C70H89N7O12S/c1-12-23-56(66(81)87-42-48-24-14-13-15-25-48)76-65(80)55(31-22-40-72-67(71)77-90(83,84)63-46(5)45(4)62-51(47(63)6)36-38-70(10,11)88-62)75-64(79)54(30-20-21-39-73-68(82)89-69(7,8)9)74-59(78)43-86-58-35-33-50-27-17-19-29-53(50)61(58)60-52-28-18-16-26-49(52)32-34-57(60)85-41-37-44(2)3/h12-19,24-29,32-35,44,54-56H,1,20-23,30-31,36-43H2,2-11H3,(H,73,82)(H,74,78)(H,75,79)(H,76,80)(H3,71,72,77)/t54-,55-,56+/m1/s1. The maximum atomic E-state index is 14.8. The minimum atomic E-state index is -4.28. The van der Waals surface area contributed by atoms with E-state index >= 15 is 0 Å². The van der Waals surface area contributed by atoms with Gasteiger partial charge in [-0.3, -0.25) is 19.8 Å². The van der Waals surface area contributed by atoms with Gasteiger partial charge >= 0.3 is 12.1 Å². The summed E-state index contributed by atoms with van der Waals surface area (Å²) in [5.41, 5.74) is 3.63. The van der Waals surface area contributed by atoms with Crippen LogP contribution >= 0.6 is 0 Å². The van der Waals surface area contributed by atoms with E-state index in [0.717, 1.165) is 44.7 Å². The van der Waals surface area contributed by atoms with Crippen LogP contribution in [0.5, 0.6) is 17.2 Å². The smallest absolute Gasteiger partial charge is 0.407 e. The van der Waals surface area contributed by atoms with Crippen LogP contribution in [0.15, 0.2) is 121 Å². The van der Waals surface area contributed by atoms with E-state index in [-0.39, 0.29) is 50.3 Å². The van der Waals surface area contributed by atoms with Crippen molar-refractivity contribution in [1.29, 1.82) is 5.41 Å². The van der Waals surface area contributed by atoms with Gasteiger partial charge in [0.2, 0.25) is 17.8 Å². The third-order valence-electron chi connectivity index (χ3n) is 15.6. The molecule has 1 aliphatic heterocycles. The molecule has 0 unspecified atom stereocenters. The van der Waals surface area contributed by atoms with E-state index in [0.29, 0.717) is 77.7 Å². The van der Waals surface area contributed by atoms with Gasteiger partial charge in [-0.2, -0.15) is 0 Å². The molecule has 90 heavy (non-hydrogen) atoms. The number of sulfonamides is 1. The highest BCUT2D eigenvalue weighted by atomic mass is 32.2. The second-order valence-corrected chi connectivity index (χ2v) is 26.5. The number of carbonyl (C=O) groups is 5. The normalized spacial score (nSPS) is 13.8. The van der Waals surface area contributed by atoms with E-state index in [9.17, 15) is 32.4 Å². The van der Waals surface area contributed by atoms with Crippen molar-refractivity contribution in [3.63, 3.8) is 0 Å². The second kappa shape index (κ2) is 31.2. The Balaban J connectivity index is 1.12. The Morgan fingerprint density at radius 3 is 1.90 bits per heavy atom. The summed E-state index contributed by atoms with van der Waals surface area (Å²) in [6.07, 6.45) is 3.70. The highest BCUT2D eigenvalue weighted by molar-refractivity contribution is 7.90. The van der Waals surface area contributed by atoms with Gasteiger partial charge in [0.1, 0.15) is 53.2 Å². The molecule has 0 aliphatic carbocycles. The number of hydrogen-bond acceptors (Lipinski definition) is 13. The van der Waals surface area contributed by atoms with Crippen molar-refractivity contribution in [1.82, 2.24) is 31.3 Å². The van der Waals surface area contributed by atoms with Crippen molar-refractivity contribution < 1.29 is 56.1 Å². The first-order chi connectivity index (χ1) is 42.7. The molecule has 0 saturated carbocycles. The van der Waals surface area contributed by atoms with Crippen molar-refractivity contribution in [2.75, 3.05) is 26.3 Å². The van der Waals surface area contributed by atoms with Gasteiger partial charge in [-0.05, 0) is 181 Å². The number of carbonyl (C=O) groups excluding carboxylic acids is 5. The molecular formula is C70H89N7O12S. The van der Waals surface area contributed by atoms with Crippen LogP contribution in [0, 0.1) is 32.1 Å². The van der Waals surface area contributed by atoms with Crippen LogP contribution in [0.3, 0.4) is 0 Å². The summed E-state index contributed by atoms with van der Waals surface area (Å²) in [4.78, 5) is 70.0. The largest absolute Gasteiger partial charge is 0.493 e. The monoisotopic (exact) mass is 1250 g/mol. The molecular weight excluding hydrogens is 1160 g/mol. The maximum absolute atomic E-state index is 14.8. The number of ether oxygens (including phenoxy) is 5. The van der Waals surface area contributed by atoms with E-state index in [4.69, 9.17) is 29.1 Å². The van der Waals surface area contributed by atoms with Gasteiger partial charge in [-0.15, -0.1) is 6.58 Å². The topological polar surface area (TPSA) is 262 Å². The lowest BCUT2D eigenvalue weighted by molar-refractivity contribution is -0.149. The molecule has 0 radical (unpaired) electrons. The highest BCUT2D eigenvalue weighted by Crippen LogP contribution is 2.46. The number of benzene rings is 6. The first-order valence-corrected chi connectivity index (χ1v) is 32.4. The van der Waals surface area contributed by atoms with Gasteiger partial charge in [-0.1, -0.05) is 111 Å². The minimum Gasteiger partial charge on any atom is -0.493 e. The predicted molar refractivity (Wildman–Crippen MR) is 351 cm³/mol. The van der Waals surface area contributed by atoms with E-state index in [1.54, 1.807) is 58.9 Å². The third kappa shape index (κ3) is 18.9. The molecule has 7 rings (SSSR count). The van der Waals surface area contributed by atoms with Gasteiger partial charge in [0.05, 0.1) is 11.5 Å². The summed E-state index contributed by atoms with van der Waals surface area (Å²) in [7, 11) is -4.28. The van der Waals surface area contributed by atoms with Gasteiger partial charge < -0.3 is 50.3 Å². The molecule has 0 aromatic heterocycles. The molecule has 6 aromatic carbocycles. The van der Waals surface area contributed by atoms with Gasteiger partial charge in [0.25, 0.3) is 15.9 Å². The molecule has 7 N–H and O–H groups in total. The number of guanidine groups is 1. The number of hydrogen-bond donors (Lipinski definition) is 7. The number of unbranched alkanes of at least 4 members (excludes halogenated alkanes) is 1. The lowest BCUT2D eigenvalue weighted by Gasteiger charge is -2.35. The summed E-state index contributed by atoms with van der Waals surface area (Å²) in [6, 6.07) is 28.7. The van der Waals surface area contributed by atoms with Crippen LogP contribution in [0.25, 0.3) is 32.7 Å². The third-order valence-corrected chi connectivity index (χ3v) is 17.2. The Morgan fingerprint density at radius 1 is 0.700 bits per heavy atom. The lowest BCUT2D eigenvalue weighted by atomic mass is 9.88. The zero-order valence-electron chi connectivity index (χ0n) is 53.6. The fraction of sp³-hybridized carbons (Fsp3) is 0.429. The Labute approximate surface area is 529 Å². The van der Waals surface area contributed by atoms with E-state index in [1.807, 2.05) is 99.6 Å². The molecule has 20 heteroatoms. The number of esters is 1. The van der Waals surface area contributed by atoms with Crippen molar-refractivity contribution in [3.05, 3.63) is 144 Å². The van der Waals surface area contributed by atoms with Gasteiger partial charge in [0.15, 0.2) is 6.61 Å². The van der Waals surface area contributed by atoms with Crippen molar-refractivity contribution >= 4 is 67.3 Å². The average Bonchev–Trinajstić information content (AvgIpc) is 0.799. The quantitative estimate of drug-likeness (QED) is 0.00759. The Morgan fingerprint density at radius 2 is 1.28 bits per heavy atom. The Kier molecular flexibility index (Phi) is 23.9. The second-order valence-electron chi connectivity index (χ2n) is 24.8. The van der Waals surface area contributed by atoms with Gasteiger partial charge in [0, 0.05) is 24.2 Å². The molecule has 0 bridgehead atoms. The first kappa shape index (κ1) is 68.8. The van der Waals surface area contributed by atoms with E-state index in [1.165, 1.54) is 6.08 Å². The van der Waals surface area contributed by atoms with E-state index in [2.05, 4.69) is 51.7 Å². The molecule has 4 amide bonds. The number of amides is 4. The summed E-state index contributed by atoms with van der Waals surface area (Å²) in [5, 5.41) is 26.3. The fourth-order valence-electron chi connectivity index (χ4n) is 10.8. The first-order valence-electron chi connectivity index (χ1n) is 30.9. The highest BCUT2D eigenvalue weighted by Gasteiger charge is 2.35. The summed E-state index contributed by atoms with van der Waals surface area (Å²) in [6.45, 7) is 22.6. The Bertz CT molecular complexity index is 3680. The molecule has 6 aromatic rings. The van der Waals surface area contributed by atoms with Crippen molar-refractivity contribution in [2.24, 2.45) is 5.92 Å². The van der Waals surface area contributed by atoms with Crippen molar-refractivity contribution in [2.45, 2.75) is 168 Å². The van der Waals surface area contributed by atoms with Gasteiger partial charge in [-0.25, -0.2) is 22.7 Å². The molecule has 1 aliphatic rings. The van der Waals surface area contributed by atoms with Crippen LogP contribution in [0.1, 0.15) is 128 Å².